The molecule has 1 fully saturated rings. The molecule has 2 rings (SSSR count). The van der Waals surface area contributed by atoms with Crippen LogP contribution in [0.15, 0.2) is 18.2 Å². The number of rotatable bonds is 4. The fourth-order valence-corrected chi connectivity index (χ4v) is 2.55. The van der Waals surface area contributed by atoms with Crippen LogP contribution in [-0.2, 0) is 4.79 Å². The molecule has 1 saturated heterocycles. The van der Waals surface area contributed by atoms with Gasteiger partial charge in [-0.3, -0.25) is 9.69 Å². The molecule has 0 spiro atoms. The van der Waals surface area contributed by atoms with Gasteiger partial charge in [0.1, 0.15) is 5.82 Å². The predicted octanol–water partition coefficient (Wildman–Crippen LogP) is 2.10. The van der Waals surface area contributed by atoms with Crippen LogP contribution in [0.2, 0.25) is 0 Å². The van der Waals surface area contributed by atoms with Crippen molar-refractivity contribution in [3.8, 4) is 0 Å². The molecule has 5 heteroatoms. The summed E-state index contributed by atoms with van der Waals surface area (Å²) in [5.74, 6) is -0.375. The van der Waals surface area contributed by atoms with Gasteiger partial charge in [0, 0.05) is 31.9 Å². The zero-order valence-electron chi connectivity index (χ0n) is 13.0. The van der Waals surface area contributed by atoms with Gasteiger partial charge in [0.05, 0.1) is 6.04 Å². The lowest BCUT2D eigenvalue weighted by atomic mass is 10.2. The van der Waals surface area contributed by atoms with E-state index in [1.165, 1.54) is 6.07 Å². The number of hydrogen-bond donors (Lipinski definition) is 1. The van der Waals surface area contributed by atoms with Crippen LogP contribution in [0.3, 0.4) is 0 Å². The molecule has 1 amide bonds. The van der Waals surface area contributed by atoms with Crippen molar-refractivity contribution < 1.29 is 9.18 Å². The molecule has 1 aliphatic rings. The molecule has 0 aromatic heterocycles. The fraction of sp³-hybridized carbons (Fsp3) is 0.562. The third kappa shape index (κ3) is 4.02. The van der Waals surface area contributed by atoms with E-state index in [9.17, 15) is 9.18 Å². The molecule has 0 bridgehead atoms. The summed E-state index contributed by atoms with van der Waals surface area (Å²) in [5.41, 5.74) is 1.10. The molecule has 1 heterocycles. The molecule has 1 aliphatic heterocycles. The van der Waals surface area contributed by atoms with E-state index in [0.29, 0.717) is 11.3 Å². The van der Waals surface area contributed by atoms with E-state index in [0.717, 1.165) is 32.7 Å². The first-order valence-electron chi connectivity index (χ1n) is 7.54. The van der Waals surface area contributed by atoms with Crippen LogP contribution in [0.4, 0.5) is 10.1 Å². The molecule has 1 atom stereocenters. The van der Waals surface area contributed by atoms with Crippen molar-refractivity contribution in [3.63, 3.8) is 0 Å². The summed E-state index contributed by atoms with van der Waals surface area (Å²) in [6.45, 7) is 10.6. The number of carbonyl (C=O) groups is 1. The first kappa shape index (κ1) is 15.9. The third-order valence-electron chi connectivity index (χ3n) is 4.22. The normalized spacial score (nSPS) is 18.5. The summed E-state index contributed by atoms with van der Waals surface area (Å²) < 4.78 is 13.5. The van der Waals surface area contributed by atoms with Gasteiger partial charge in [-0.05, 0) is 38.1 Å². The summed E-state index contributed by atoms with van der Waals surface area (Å²) in [5, 5.41) is 2.80. The average Bonchev–Trinajstić information content (AvgIpc) is 2.50. The molecule has 1 unspecified atom stereocenters. The Kier molecular flexibility index (Phi) is 5.31. The largest absolute Gasteiger partial charge is 0.325 e. The molecular formula is C16H24FN3O. The lowest BCUT2D eigenvalue weighted by Crippen LogP contribution is -2.52. The van der Waals surface area contributed by atoms with Crippen molar-refractivity contribution >= 4 is 11.6 Å². The molecule has 116 valence electrons. The molecular weight excluding hydrogens is 269 g/mol. The number of hydrogen-bond acceptors (Lipinski definition) is 3. The molecule has 1 aromatic rings. The molecule has 21 heavy (non-hydrogen) atoms. The van der Waals surface area contributed by atoms with Gasteiger partial charge in [-0.25, -0.2) is 4.39 Å². The Labute approximate surface area is 125 Å². The van der Waals surface area contributed by atoms with Crippen molar-refractivity contribution in [2.75, 3.05) is 38.0 Å². The second-order valence-electron chi connectivity index (χ2n) is 5.60. The Hall–Kier alpha value is -1.46. The minimum absolute atomic E-state index is 0.0804. The Morgan fingerprint density at radius 3 is 2.57 bits per heavy atom. The highest BCUT2D eigenvalue weighted by Gasteiger charge is 2.25. The van der Waals surface area contributed by atoms with E-state index in [4.69, 9.17) is 0 Å². The zero-order chi connectivity index (χ0) is 15.4. The quantitative estimate of drug-likeness (QED) is 0.923. The number of carbonyl (C=O) groups excluding carboxylic acids is 1. The predicted molar refractivity (Wildman–Crippen MR) is 82.9 cm³/mol. The number of benzene rings is 1. The zero-order valence-corrected chi connectivity index (χ0v) is 13.0. The second kappa shape index (κ2) is 7.00. The minimum Gasteiger partial charge on any atom is -0.325 e. The smallest absolute Gasteiger partial charge is 0.241 e. The number of likely N-dealkylation sites (N-methyl/N-ethyl adjacent to an activating group) is 1. The van der Waals surface area contributed by atoms with Crippen molar-refractivity contribution in [1.82, 2.24) is 9.80 Å². The van der Waals surface area contributed by atoms with Gasteiger partial charge in [0.25, 0.3) is 0 Å². The second-order valence-corrected chi connectivity index (χ2v) is 5.60. The molecule has 1 aromatic carbocycles. The lowest BCUT2D eigenvalue weighted by molar-refractivity contribution is -0.121. The topological polar surface area (TPSA) is 35.6 Å². The van der Waals surface area contributed by atoms with Crippen LogP contribution in [-0.4, -0.2) is 54.5 Å². The SMILES string of the molecule is CCN1CCN(C(C)C(=O)Nc2ccc(C)c(F)c2)CC1. The molecule has 0 saturated carbocycles. The van der Waals surface area contributed by atoms with Gasteiger partial charge in [0.2, 0.25) is 5.91 Å². The van der Waals surface area contributed by atoms with Crippen LogP contribution in [0, 0.1) is 12.7 Å². The maximum absolute atomic E-state index is 13.5. The maximum atomic E-state index is 13.5. The number of piperazine rings is 1. The van der Waals surface area contributed by atoms with Gasteiger partial charge in [-0.1, -0.05) is 13.0 Å². The van der Waals surface area contributed by atoms with Crippen molar-refractivity contribution in [1.29, 1.82) is 0 Å². The number of nitrogens with one attached hydrogen (secondary N) is 1. The number of aryl methyl sites for hydroxylation is 1. The van der Waals surface area contributed by atoms with Gasteiger partial charge in [0.15, 0.2) is 0 Å². The Morgan fingerprint density at radius 2 is 2.00 bits per heavy atom. The number of halogens is 1. The number of anilines is 1. The molecule has 1 N–H and O–H groups in total. The van der Waals surface area contributed by atoms with Gasteiger partial charge >= 0.3 is 0 Å². The Balaban J connectivity index is 1.92. The van der Waals surface area contributed by atoms with Crippen molar-refractivity contribution in [2.24, 2.45) is 0 Å². The molecule has 0 aliphatic carbocycles. The highest BCUT2D eigenvalue weighted by Crippen LogP contribution is 2.15. The summed E-state index contributed by atoms with van der Waals surface area (Å²) in [6, 6.07) is 4.58. The van der Waals surface area contributed by atoms with E-state index >= 15 is 0 Å². The Morgan fingerprint density at radius 1 is 1.33 bits per heavy atom. The highest BCUT2D eigenvalue weighted by molar-refractivity contribution is 5.94. The van der Waals surface area contributed by atoms with E-state index in [1.54, 1.807) is 19.1 Å². The summed E-state index contributed by atoms with van der Waals surface area (Å²) in [4.78, 5) is 16.8. The monoisotopic (exact) mass is 293 g/mol. The summed E-state index contributed by atoms with van der Waals surface area (Å²) in [7, 11) is 0. The van der Waals surface area contributed by atoms with Crippen LogP contribution in [0.1, 0.15) is 19.4 Å². The van der Waals surface area contributed by atoms with E-state index in [1.807, 2.05) is 6.92 Å². The van der Waals surface area contributed by atoms with Crippen LogP contribution >= 0.6 is 0 Å². The van der Waals surface area contributed by atoms with Gasteiger partial charge in [-0.2, -0.15) is 0 Å². The fourth-order valence-electron chi connectivity index (χ4n) is 2.55. The van der Waals surface area contributed by atoms with E-state index in [-0.39, 0.29) is 17.8 Å². The number of amides is 1. The lowest BCUT2D eigenvalue weighted by Gasteiger charge is -2.36. The van der Waals surface area contributed by atoms with E-state index in [2.05, 4.69) is 22.0 Å². The van der Waals surface area contributed by atoms with Gasteiger partial charge < -0.3 is 10.2 Å². The maximum Gasteiger partial charge on any atom is 0.241 e. The minimum atomic E-state index is -0.294. The summed E-state index contributed by atoms with van der Waals surface area (Å²) >= 11 is 0. The first-order chi connectivity index (χ1) is 10.0. The summed E-state index contributed by atoms with van der Waals surface area (Å²) in [6.07, 6.45) is 0. The first-order valence-corrected chi connectivity index (χ1v) is 7.54. The molecule has 4 nitrogen and oxygen atoms in total. The highest BCUT2D eigenvalue weighted by atomic mass is 19.1. The van der Waals surface area contributed by atoms with Crippen molar-refractivity contribution in [2.45, 2.75) is 26.8 Å². The average molecular weight is 293 g/mol. The van der Waals surface area contributed by atoms with Crippen LogP contribution in [0.5, 0.6) is 0 Å². The van der Waals surface area contributed by atoms with E-state index < -0.39 is 0 Å². The Bertz CT molecular complexity index is 498. The van der Waals surface area contributed by atoms with Crippen LogP contribution < -0.4 is 5.32 Å². The molecule has 0 radical (unpaired) electrons. The van der Waals surface area contributed by atoms with Crippen LogP contribution in [0.25, 0.3) is 0 Å². The number of nitrogens with zero attached hydrogens (tertiary/aromatic N) is 2. The third-order valence-corrected chi connectivity index (χ3v) is 4.22. The van der Waals surface area contributed by atoms with Gasteiger partial charge in [-0.15, -0.1) is 0 Å². The van der Waals surface area contributed by atoms with Crippen molar-refractivity contribution in [3.05, 3.63) is 29.6 Å². The standard InChI is InChI=1S/C16H24FN3O/c1-4-19-7-9-20(10-8-19)13(3)16(21)18-14-6-5-12(2)15(17)11-14/h5-6,11,13H,4,7-10H2,1-3H3,(H,18,21).